The van der Waals surface area contributed by atoms with Crippen molar-refractivity contribution < 1.29 is 9.59 Å². The van der Waals surface area contributed by atoms with Crippen LogP contribution >= 0.6 is 0 Å². The first kappa shape index (κ1) is 10.8. The van der Waals surface area contributed by atoms with Crippen LogP contribution in [0.2, 0.25) is 0 Å². The molecule has 14 heavy (non-hydrogen) atoms. The Morgan fingerprint density at radius 3 is 2.64 bits per heavy atom. The van der Waals surface area contributed by atoms with Crippen molar-refractivity contribution in [2.24, 2.45) is 5.92 Å². The van der Waals surface area contributed by atoms with Crippen LogP contribution in [0.5, 0.6) is 0 Å². The molecule has 1 rings (SSSR count). The molecule has 0 saturated carbocycles. The summed E-state index contributed by atoms with van der Waals surface area (Å²) < 4.78 is 0. The van der Waals surface area contributed by atoms with E-state index in [4.69, 9.17) is 0 Å². The number of hydrogen-bond donors (Lipinski definition) is 0. The van der Waals surface area contributed by atoms with Crippen molar-refractivity contribution in [3.63, 3.8) is 0 Å². The average molecular weight is 196 g/mol. The van der Waals surface area contributed by atoms with E-state index in [0.717, 1.165) is 0 Å². The topological polar surface area (TPSA) is 40.6 Å². The van der Waals surface area contributed by atoms with E-state index in [1.54, 1.807) is 11.9 Å². The third-order valence-electron chi connectivity index (χ3n) is 2.51. The van der Waals surface area contributed by atoms with Gasteiger partial charge in [0.1, 0.15) is 0 Å². The highest BCUT2D eigenvalue weighted by Gasteiger charge is 2.39. The Balaban J connectivity index is 2.92. The van der Waals surface area contributed by atoms with Crippen molar-refractivity contribution in [2.45, 2.75) is 19.9 Å². The van der Waals surface area contributed by atoms with Gasteiger partial charge in [0, 0.05) is 13.6 Å². The summed E-state index contributed by atoms with van der Waals surface area (Å²) in [7, 11) is 1.70. The predicted molar refractivity (Wildman–Crippen MR) is 53.7 cm³/mol. The molecule has 0 aromatic carbocycles. The van der Waals surface area contributed by atoms with Gasteiger partial charge in [-0.3, -0.25) is 9.69 Å². The van der Waals surface area contributed by atoms with Gasteiger partial charge in [0.25, 0.3) is 5.91 Å². The second-order valence-corrected chi connectivity index (χ2v) is 3.89. The monoisotopic (exact) mass is 196 g/mol. The van der Waals surface area contributed by atoms with Crippen LogP contribution in [0.1, 0.15) is 13.8 Å². The van der Waals surface area contributed by atoms with Gasteiger partial charge in [0.15, 0.2) is 0 Å². The van der Waals surface area contributed by atoms with Gasteiger partial charge < -0.3 is 4.90 Å². The number of urea groups is 1. The van der Waals surface area contributed by atoms with E-state index >= 15 is 0 Å². The number of carbonyl (C=O) groups is 2. The second kappa shape index (κ2) is 3.82. The average Bonchev–Trinajstić information content (AvgIpc) is 2.43. The Morgan fingerprint density at radius 2 is 2.21 bits per heavy atom. The first-order valence-corrected chi connectivity index (χ1v) is 4.69. The molecule has 0 aromatic rings. The smallest absolute Gasteiger partial charge is 0.325 e. The molecule has 1 aliphatic heterocycles. The highest BCUT2D eigenvalue weighted by molar-refractivity contribution is 6.01. The second-order valence-electron chi connectivity index (χ2n) is 3.89. The van der Waals surface area contributed by atoms with Gasteiger partial charge in [-0.15, -0.1) is 0 Å². The molecule has 4 heteroatoms. The van der Waals surface area contributed by atoms with Crippen molar-refractivity contribution in [3.05, 3.63) is 12.7 Å². The Kier molecular flexibility index (Phi) is 2.93. The van der Waals surface area contributed by atoms with E-state index in [9.17, 15) is 9.59 Å². The van der Waals surface area contributed by atoms with Crippen LogP contribution in [0, 0.1) is 5.92 Å². The van der Waals surface area contributed by atoms with Crippen LogP contribution in [-0.4, -0.2) is 41.4 Å². The van der Waals surface area contributed by atoms with Crippen LogP contribution < -0.4 is 0 Å². The van der Waals surface area contributed by atoms with E-state index < -0.39 is 0 Å². The minimum atomic E-state index is -0.307. The van der Waals surface area contributed by atoms with Crippen LogP contribution in [0.25, 0.3) is 0 Å². The molecule has 4 nitrogen and oxygen atoms in total. The SMILES string of the molecule is C=CC(=O)N1C(=O)N(C)C[C@@H]1C(C)C. The lowest BCUT2D eigenvalue weighted by atomic mass is 10.0. The Hall–Kier alpha value is -1.32. The summed E-state index contributed by atoms with van der Waals surface area (Å²) in [5, 5.41) is 0. The third-order valence-corrected chi connectivity index (χ3v) is 2.51. The Labute approximate surface area is 84.2 Å². The largest absolute Gasteiger partial charge is 0.327 e. The lowest BCUT2D eigenvalue weighted by Gasteiger charge is -2.22. The quantitative estimate of drug-likeness (QED) is 0.620. The van der Waals surface area contributed by atoms with E-state index in [-0.39, 0.29) is 23.9 Å². The van der Waals surface area contributed by atoms with Gasteiger partial charge in [-0.25, -0.2) is 4.79 Å². The molecule has 1 heterocycles. The number of rotatable bonds is 2. The maximum absolute atomic E-state index is 11.6. The Bertz CT molecular complexity index is 273. The summed E-state index contributed by atoms with van der Waals surface area (Å²) in [6.45, 7) is 8.00. The highest BCUT2D eigenvalue weighted by Crippen LogP contribution is 2.20. The molecule has 0 unspecified atom stereocenters. The molecular weight excluding hydrogens is 180 g/mol. The van der Waals surface area contributed by atoms with Gasteiger partial charge in [0.2, 0.25) is 0 Å². The van der Waals surface area contributed by atoms with Crippen LogP contribution in [0.15, 0.2) is 12.7 Å². The van der Waals surface area contributed by atoms with Crippen LogP contribution in [-0.2, 0) is 4.79 Å². The summed E-state index contributed by atoms with van der Waals surface area (Å²) in [5.41, 5.74) is 0. The maximum atomic E-state index is 11.6. The molecule has 1 atom stereocenters. The van der Waals surface area contributed by atoms with Crippen molar-refractivity contribution in [1.82, 2.24) is 9.80 Å². The molecule has 0 aromatic heterocycles. The Morgan fingerprint density at radius 1 is 1.64 bits per heavy atom. The molecule has 1 aliphatic rings. The number of likely N-dealkylation sites (N-methyl/N-ethyl adjacent to an activating group) is 1. The molecular formula is C10H16N2O2. The van der Waals surface area contributed by atoms with Gasteiger partial charge in [0.05, 0.1) is 6.04 Å². The highest BCUT2D eigenvalue weighted by atomic mass is 16.2. The summed E-state index contributed by atoms with van der Waals surface area (Å²) in [4.78, 5) is 25.9. The van der Waals surface area contributed by atoms with Crippen molar-refractivity contribution in [2.75, 3.05) is 13.6 Å². The van der Waals surface area contributed by atoms with E-state index in [1.165, 1.54) is 11.0 Å². The zero-order valence-corrected chi connectivity index (χ0v) is 8.86. The number of nitrogens with zero attached hydrogens (tertiary/aromatic N) is 2. The summed E-state index contributed by atoms with van der Waals surface area (Å²) >= 11 is 0. The molecule has 1 fully saturated rings. The fourth-order valence-electron chi connectivity index (χ4n) is 1.63. The summed E-state index contributed by atoms with van der Waals surface area (Å²) in [6.07, 6.45) is 1.19. The third kappa shape index (κ3) is 1.64. The lowest BCUT2D eigenvalue weighted by Crippen LogP contribution is -2.41. The van der Waals surface area contributed by atoms with Crippen LogP contribution in [0.4, 0.5) is 4.79 Å². The number of amides is 3. The number of imide groups is 1. The molecule has 0 bridgehead atoms. The molecule has 1 saturated heterocycles. The molecule has 3 amide bonds. The van der Waals surface area contributed by atoms with E-state index in [2.05, 4.69) is 6.58 Å². The van der Waals surface area contributed by atoms with Gasteiger partial charge in [-0.1, -0.05) is 20.4 Å². The number of hydrogen-bond acceptors (Lipinski definition) is 2. The van der Waals surface area contributed by atoms with Crippen LogP contribution in [0.3, 0.4) is 0 Å². The van der Waals surface area contributed by atoms with Crippen molar-refractivity contribution >= 4 is 11.9 Å². The zero-order chi connectivity index (χ0) is 10.9. The van der Waals surface area contributed by atoms with Crippen molar-refractivity contribution in [1.29, 1.82) is 0 Å². The van der Waals surface area contributed by atoms with Gasteiger partial charge in [-0.05, 0) is 12.0 Å². The van der Waals surface area contributed by atoms with E-state index in [0.29, 0.717) is 6.54 Å². The maximum Gasteiger partial charge on any atom is 0.327 e. The van der Waals surface area contributed by atoms with Gasteiger partial charge in [-0.2, -0.15) is 0 Å². The number of carbonyl (C=O) groups excluding carboxylic acids is 2. The fraction of sp³-hybridized carbons (Fsp3) is 0.600. The molecule has 0 N–H and O–H groups in total. The van der Waals surface area contributed by atoms with Crippen molar-refractivity contribution in [3.8, 4) is 0 Å². The van der Waals surface area contributed by atoms with E-state index in [1.807, 2.05) is 13.8 Å². The molecule has 0 aliphatic carbocycles. The minimum absolute atomic E-state index is 0.0296. The summed E-state index contributed by atoms with van der Waals surface area (Å²) in [5.74, 6) is -0.0362. The first-order valence-electron chi connectivity index (χ1n) is 4.69. The fourth-order valence-corrected chi connectivity index (χ4v) is 1.63. The lowest BCUT2D eigenvalue weighted by molar-refractivity contribution is -0.124. The predicted octanol–water partition coefficient (Wildman–Crippen LogP) is 1.09. The first-order chi connectivity index (χ1) is 6.49. The summed E-state index contributed by atoms with van der Waals surface area (Å²) in [6, 6.07) is -0.258. The zero-order valence-electron chi connectivity index (χ0n) is 8.86. The molecule has 78 valence electrons. The standard InChI is InChI=1S/C10H16N2O2/c1-5-9(13)12-8(7(2)3)6-11(4)10(12)14/h5,7-8H,1,6H2,2-4H3/t8-/m1/s1. The molecule has 0 spiro atoms. The van der Waals surface area contributed by atoms with Gasteiger partial charge >= 0.3 is 6.03 Å². The molecule has 0 radical (unpaired) electrons. The minimum Gasteiger partial charge on any atom is -0.325 e. The normalized spacial score (nSPS) is 22.0.